The summed E-state index contributed by atoms with van der Waals surface area (Å²) < 4.78 is 15.6. The van der Waals surface area contributed by atoms with E-state index in [1.54, 1.807) is 48.5 Å². The Kier molecular flexibility index (Phi) is 13.9. The van der Waals surface area contributed by atoms with Gasteiger partial charge < -0.3 is 30.3 Å². The van der Waals surface area contributed by atoms with Crippen molar-refractivity contribution in [2.24, 2.45) is 5.92 Å². The van der Waals surface area contributed by atoms with E-state index in [2.05, 4.69) is 15.5 Å². The fraction of sp³-hybridized carbons (Fsp3) is 0.333. The third-order valence-corrected chi connectivity index (χ3v) is 11.7. The molecule has 12 heteroatoms. The molecular weight excluding hydrogens is 705 g/mol. The Balaban J connectivity index is 1.29. The van der Waals surface area contributed by atoms with E-state index < -0.39 is 35.1 Å². The van der Waals surface area contributed by atoms with Crippen LogP contribution in [0.5, 0.6) is 0 Å². The minimum absolute atomic E-state index is 0.0181. The number of aromatic carboxylic acids is 1. The van der Waals surface area contributed by atoms with Crippen LogP contribution in [0, 0.1) is 5.92 Å². The van der Waals surface area contributed by atoms with Gasteiger partial charge in [0.05, 0.1) is 40.1 Å². The summed E-state index contributed by atoms with van der Waals surface area (Å²) in [5.74, 6) is -2.96. The average Bonchev–Trinajstić information content (AvgIpc) is 3.19. The molecule has 0 aromatic heterocycles. The van der Waals surface area contributed by atoms with Crippen molar-refractivity contribution < 1.29 is 33.9 Å². The second kappa shape index (κ2) is 18.7. The number of carboxylic acids is 2. The number of carbonyl (C=O) groups is 4. The van der Waals surface area contributed by atoms with Crippen LogP contribution in [0.1, 0.15) is 88.7 Å². The molecule has 284 valence electrons. The standard InChI is InChI=1S/C42H48N4O7S/c1-4-45(5-2)35-24-25-38(37(27-35)40(48)43-33-20-14-29(15-21-33)11-10-28-12-16-30(17-13-28)41(49)50)44-39(47)32-8-7-9-36(26-32)54(53)46(6-3)34-22-18-31(19-23-34)42(51)52/h7-9,12-17,20-21,24-27,31,34H,4-6,10-11,18-19,22-23H2,1-3H3,(H,43,48)(H,44,47)(H,49,50)(H,51,52). The number of carbonyl (C=O) groups excluding carboxylic acids is 2. The maximum absolute atomic E-state index is 13.8. The molecule has 4 aromatic rings. The summed E-state index contributed by atoms with van der Waals surface area (Å²) in [4.78, 5) is 52.7. The number of nitrogens with one attached hydrogen (secondary N) is 2. The molecule has 0 bridgehead atoms. The number of amides is 2. The predicted octanol–water partition coefficient (Wildman–Crippen LogP) is 7.51. The summed E-state index contributed by atoms with van der Waals surface area (Å²) in [5, 5.41) is 24.4. The molecule has 54 heavy (non-hydrogen) atoms. The second-order valence-corrected chi connectivity index (χ2v) is 14.8. The Hall–Kier alpha value is -5.17. The average molecular weight is 753 g/mol. The van der Waals surface area contributed by atoms with Gasteiger partial charge in [0, 0.05) is 42.6 Å². The zero-order chi connectivity index (χ0) is 38.8. The lowest BCUT2D eigenvalue weighted by Gasteiger charge is -2.34. The van der Waals surface area contributed by atoms with Crippen molar-refractivity contribution >= 4 is 52.2 Å². The van der Waals surface area contributed by atoms with Crippen molar-refractivity contribution in [3.8, 4) is 0 Å². The van der Waals surface area contributed by atoms with Gasteiger partial charge in [0.25, 0.3) is 11.8 Å². The lowest BCUT2D eigenvalue weighted by Crippen LogP contribution is -2.42. The van der Waals surface area contributed by atoms with E-state index in [1.165, 1.54) is 0 Å². The summed E-state index contributed by atoms with van der Waals surface area (Å²) >= 11 is -1.56. The number of carboxylic acid groups (broad SMARTS) is 2. The van der Waals surface area contributed by atoms with Crippen LogP contribution in [0.2, 0.25) is 0 Å². The smallest absolute Gasteiger partial charge is 0.335 e. The van der Waals surface area contributed by atoms with Gasteiger partial charge in [-0.1, -0.05) is 30.3 Å². The molecule has 1 fully saturated rings. The molecule has 1 saturated carbocycles. The maximum atomic E-state index is 13.8. The fourth-order valence-electron chi connectivity index (χ4n) is 6.87. The number of hydrogen-bond acceptors (Lipinski definition) is 7. The zero-order valence-electron chi connectivity index (χ0n) is 30.9. The molecule has 0 saturated heterocycles. The number of nitrogens with zero attached hydrogens (tertiary/aromatic N) is 2. The van der Waals surface area contributed by atoms with Gasteiger partial charge in [-0.05, 0) is 125 Å². The number of anilines is 3. The number of aliphatic carboxylic acids is 1. The molecule has 5 rings (SSSR count). The molecular formula is C42H48N4O7S. The molecule has 2 amide bonds. The highest BCUT2D eigenvalue weighted by molar-refractivity contribution is 7.89. The van der Waals surface area contributed by atoms with Crippen LogP contribution in [0.25, 0.3) is 0 Å². The van der Waals surface area contributed by atoms with Crippen molar-refractivity contribution in [2.45, 2.75) is 70.2 Å². The van der Waals surface area contributed by atoms with Crippen molar-refractivity contribution in [3.05, 3.63) is 119 Å². The molecule has 4 N–H and O–H groups in total. The van der Waals surface area contributed by atoms with Crippen molar-refractivity contribution in [1.29, 1.82) is 0 Å². The van der Waals surface area contributed by atoms with Crippen LogP contribution in [-0.2, 0) is 29.0 Å². The van der Waals surface area contributed by atoms with E-state index in [0.29, 0.717) is 54.1 Å². The summed E-state index contributed by atoms with van der Waals surface area (Å²) in [7, 11) is 0. The fourth-order valence-corrected chi connectivity index (χ4v) is 8.28. The van der Waals surface area contributed by atoms with E-state index in [4.69, 9.17) is 5.11 Å². The van der Waals surface area contributed by atoms with Crippen LogP contribution >= 0.6 is 0 Å². The third kappa shape index (κ3) is 10.1. The van der Waals surface area contributed by atoms with Crippen LogP contribution in [-0.4, -0.2) is 68.5 Å². The number of aryl methyl sites for hydroxylation is 2. The van der Waals surface area contributed by atoms with Crippen LogP contribution in [0.15, 0.2) is 95.9 Å². The minimum Gasteiger partial charge on any atom is -0.593 e. The first kappa shape index (κ1) is 40.0. The summed E-state index contributed by atoms with van der Waals surface area (Å²) in [5.41, 5.74) is 4.67. The van der Waals surface area contributed by atoms with Gasteiger partial charge in [0.1, 0.15) is 0 Å². The van der Waals surface area contributed by atoms with Gasteiger partial charge in [0.2, 0.25) is 0 Å². The first-order chi connectivity index (χ1) is 26.0. The summed E-state index contributed by atoms with van der Waals surface area (Å²) in [6.45, 7) is 7.96. The van der Waals surface area contributed by atoms with E-state index in [0.717, 1.165) is 42.7 Å². The van der Waals surface area contributed by atoms with Gasteiger partial charge in [0.15, 0.2) is 4.90 Å². The maximum Gasteiger partial charge on any atom is 0.335 e. The monoisotopic (exact) mass is 752 g/mol. The molecule has 1 unspecified atom stereocenters. The van der Waals surface area contributed by atoms with Crippen LogP contribution in [0.3, 0.4) is 0 Å². The Morgan fingerprint density at radius 2 is 1.35 bits per heavy atom. The van der Waals surface area contributed by atoms with Crippen LogP contribution in [0.4, 0.5) is 17.1 Å². The first-order valence-electron chi connectivity index (χ1n) is 18.4. The molecule has 0 aliphatic heterocycles. The third-order valence-electron chi connectivity index (χ3n) is 10.0. The first-order valence-corrected chi connectivity index (χ1v) is 19.6. The van der Waals surface area contributed by atoms with Gasteiger partial charge in [-0.25, -0.2) is 4.79 Å². The number of rotatable bonds is 16. The predicted molar refractivity (Wildman–Crippen MR) is 212 cm³/mol. The lowest BCUT2D eigenvalue weighted by atomic mass is 9.86. The lowest BCUT2D eigenvalue weighted by molar-refractivity contribution is -0.143. The molecule has 0 radical (unpaired) electrons. The quantitative estimate of drug-likeness (QED) is 0.0849. The van der Waals surface area contributed by atoms with Crippen molar-refractivity contribution in [2.75, 3.05) is 35.2 Å². The molecule has 0 heterocycles. The molecule has 1 atom stereocenters. The highest BCUT2D eigenvalue weighted by Gasteiger charge is 2.35. The highest BCUT2D eigenvalue weighted by atomic mass is 32.2. The molecule has 1 aliphatic carbocycles. The Morgan fingerprint density at radius 3 is 1.93 bits per heavy atom. The Morgan fingerprint density at radius 1 is 0.722 bits per heavy atom. The number of hydrogen-bond donors (Lipinski definition) is 4. The summed E-state index contributed by atoms with van der Waals surface area (Å²) in [6.07, 6.45) is 3.83. The molecule has 4 aromatic carbocycles. The van der Waals surface area contributed by atoms with Gasteiger partial charge in [-0.3, -0.25) is 14.4 Å². The van der Waals surface area contributed by atoms with Crippen molar-refractivity contribution in [1.82, 2.24) is 4.31 Å². The van der Waals surface area contributed by atoms with E-state index in [9.17, 15) is 28.8 Å². The molecule has 1 aliphatic rings. The van der Waals surface area contributed by atoms with Crippen molar-refractivity contribution in [3.63, 3.8) is 0 Å². The number of benzene rings is 4. The van der Waals surface area contributed by atoms with Gasteiger partial charge in [-0.2, -0.15) is 0 Å². The minimum atomic E-state index is -1.56. The Labute approximate surface area is 319 Å². The summed E-state index contributed by atoms with van der Waals surface area (Å²) in [6, 6.07) is 26.4. The van der Waals surface area contributed by atoms with E-state index in [-0.39, 0.29) is 23.1 Å². The molecule has 11 nitrogen and oxygen atoms in total. The highest BCUT2D eigenvalue weighted by Crippen LogP contribution is 2.32. The second-order valence-electron chi connectivity index (χ2n) is 13.4. The van der Waals surface area contributed by atoms with E-state index in [1.807, 2.05) is 67.5 Å². The van der Waals surface area contributed by atoms with E-state index >= 15 is 0 Å². The topological polar surface area (TPSA) is 162 Å². The van der Waals surface area contributed by atoms with Crippen LogP contribution < -0.4 is 15.5 Å². The largest absolute Gasteiger partial charge is 0.593 e. The SMILES string of the molecule is CCN(CC)c1ccc(NC(=O)c2cccc([S+]([O-])N(CC)C3CCC(C(=O)O)CC3)c2)c(C(=O)Nc2ccc(CCc3ccc(C(=O)O)cc3)cc2)c1. The van der Waals surface area contributed by atoms with Gasteiger partial charge >= 0.3 is 11.9 Å². The molecule has 0 spiro atoms. The zero-order valence-corrected chi connectivity index (χ0v) is 31.7. The van der Waals surface area contributed by atoms with Gasteiger partial charge in [-0.15, -0.1) is 4.31 Å². The normalized spacial score (nSPS) is 16.0. The Bertz CT molecular complexity index is 1920.